The second-order valence-corrected chi connectivity index (χ2v) is 8.62. The van der Waals surface area contributed by atoms with Crippen molar-refractivity contribution in [3.05, 3.63) is 77.1 Å². The molecule has 2 aromatic carbocycles. The molecule has 30 heavy (non-hydrogen) atoms. The van der Waals surface area contributed by atoms with Gasteiger partial charge in [0.15, 0.2) is 0 Å². The van der Waals surface area contributed by atoms with E-state index in [1.165, 1.54) is 22.7 Å². The number of nitrogens with zero attached hydrogens (tertiary/aromatic N) is 3. The number of benzene rings is 2. The predicted octanol–water partition coefficient (Wildman–Crippen LogP) is 4.92. The maximum atomic E-state index is 12.5. The van der Waals surface area contributed by atoms with Crippen LogP contribution in [0.15, 0.2) is 54.6 Å². The molecule has 0 bridgehead atoms. The summed E-state index contributed by atoms with van der Waals surface area (Å²) in [5.74, 6) is 0.869. The van der Waals surface area contributed by atoms with Crippen LogP contribution in [0.2, 0.25) is 0 Å². The van der Waals surface area contributed by atoms with Crippen LogP contribution in [0.1, 0.15) is 55.7 Å². The molecule has 1 N–H and O–H groups in total. The van der Waals surface area contributed by atoms with Crippen LogP contribution in [-0.4, -0.2) is 27.9 Å². The van der Waals surface area contributed by atoms with E-state index in [1.54, 1.807) is 0 Å². The molecule has 3 rings (SSSR count). The van der Waals surface area contributed by atoms with Crippen molar-refractivity contribution in [3.8, 4) is 0 Å². The highest BCUT2D eigenvalue weighted by Gasteiger charge is 2.18. The van der Waals surface area contributed by atoms with Crippen LogP contribution in [-0.2, 0) is 11.2 Å². The molecule has 0 radical (unpaired) electrons. The Morgan fingerprint density at radius 1 is 1.07 bits per heavy atom. The number of amides is 1. The molecule has 158 valence electrons. The highest BCUT2D eigenvalue weighted by atomic mass is 32.1. The van der Waals surface area contributed by atoms with E-state index < -0.39 is 0 Å². The molecular formula is C24H30N4OS. The molecule has 5 nitrogen and oxygen atoms in total. The summed E-state index contributed by atoms with van der Waals surface area (Å²) in [7, 11) is 0. The first-order valence-electron chi connectivity index (χ1n) is 10.4. The third kappa shape index (κ3) is 6.13. The van der Waals surface area contributed by atoms with Gasteiger partial charge in [0.1, 0.15) is 5.82 Å². The van der Waals surface area contributed by atoms with Crippen molar-refractivity contribution in [2.75, 3.05) is 11.4 Å². The Morgan fingerprint density at radius 2 is 1.77 bits per heavy atom. The minimum Gasteiger partial charge on any atom is -0.350 e. The Balaban J connectivity index is 1.57. The van der Waals surface area contributed by atoms with E-state index in [-0.39, 0.29) is 18.0 Å². The Bertz CT molecular complexity index is 937. The third-order valence-electron chi connectivity index (χ3n) is 5.07. The van der Waals surface area contributed by atoms with Gasteiger partial charge in [0.25, 0.3) is 0 Å². The van der Waals surface area contributed by atoms with Crippen LogP contribution in [0.5, 0.6) is 0 Å². The van der Waals surface area contributed by atoms with Gasteiger partial charge < -0.3 is 10.2 Å². The largest absolute Gasteiger partial charge is 0.350 e. The zero-order valence-corrected chi connectivity index (χ0v) is 18.9. The lowest BCUT2D eigenvalue weighted by Crippen LogP contribution is -2.36. The SMILES string of the molecule is Cc1ccc(Cc2nsc(N(CCC(=O)N[C@H](C)c3ccccc3)C(C)C)n2)cc1. The molecule has 3 aromatic rings. The highest BCUT2D eigenvalue weighted by molar-refractivity contribution is 7.09. The number of carbonyl (C=O) groups excluding carboxylic acids is 1. The summed E-state index contributed by atoms with van der Waals surface area (Å²) in [4.78, 5) is 19.4. The zero-order valence-electron chi connectivity index (χ0n) is 18.1. The molecule has 0 aliphatic heterocycles. The number of carbonyl (C=O) groups is 1. The molecule has 6 heteroatoms. The van der Waals surface area contributed by atoms with E-state index >= 15 is 0 Å². The lowest BCUT2D eigenvalue weighted by atomic mass is 10.1. The lowest BCUT2D eigenvalue weighted by Gasteiger charge is -2.25. The second-order valence-electron chi connectivity index (χ2n) is 7.89. The van der Waals surface area contributed by atoms with Crippen molar-refractivity contribution in [2.45, 2.75) is 52.6 Å². The van der Waals surface area contributed by atoms with Gasteiger partial charge in [-0.3, -0.25) is 4.79 Å². The van der Waals surface area contributed by atoms with Crippen LogP contribution >= 0.6 is 11.5 Å². The van der Waals surface area contributed by atoms with Gasteiger partial charge in [-0.1, -0.05) is 60.2 Å². The summed E-state index contributed by atoms with van der Waals surface area (Å²) in [6.45, 7) is 8.94. The Hall–Kier alpha value is -2.73. The van der Waals surface area contributed by atoms with Crippen molar-refractivity contribution in [3.63, 3.8) is 0 Å². The summed E-state index contributed by atoms with van der Waals surface area (Å²) in [5.41, 5.74) is 3.56. The van der Waals surface area contributed by atoms with Crippen molar-refractivity contribution in [1.29, 1.82) is 0 Å². The average molecular weight is 423 g/mol. The van der Waals surface area contributed by atoms with Crippen molar-refractivity contribution >= 4 is 22.6 Å². The fraction of sp³-hybridized carbons (Fsp3) is 0.375. The molecule has 0 saturated heterocycles. The van der Waals surface area contributed by atoms with Crippen LogP contribution < -0.4 is 10.2 Å². The average Bonchev–Trinajstić information content (AvgIpc) is 3.18. The minimum atomic E-state index is -0.00570. The lowest BCUT2D eigenvalue weighted by molar-refractivity contribution is -0.121. The van der Waals surface area contributed by atoms with Crippen molar-refractivity contribution < 1.29 is 4.79 Å². The molecule has 0 aliphatic carbocycles. The molecule has 0 saturated carbocycles. The van der Waals surface area contributed by atoms with Gasteiger partial charge in [-0.2, -0.15) is 4.37 Å². The van der Waals surface area contributed by atoms with E-state index in [4.69, 9.17) is 4.98 Å². The Morgan fingerprint density at radius 3 is 2.43 bits per heavy atom. The van der Waals surface area contributed by atoms with Gasteiger partial charge in [0, 0.05) is 37.0 Å². The molecule has 0 unspecified atom stereocenters. The number of aryl methyl sites for hydroxylation is 1. The predicted molar refractivity (Wildman–Crippen MR) is 124 cm³/mol. The van der Waals surface area contributed by atoms with Crippen molar-refractivity contribution in [1.82, 2.24) is 14.7 Å². The monoisotopic (exact) mass is 422 g/mol. The van der Waals surface area contributed by atoms with E-state index in [0.717, 1.165) is 22.9 Å². The normalized spacial score (nSPS) is 12.0. The Labute approximate surface area is 183 Å². The molecule has 0 spiro atoms. The van der Waals surface area contributed by atoms with Gasteiger partial charge in [0.2, 0.25) is 11.0 Å². The first-order valence-corrected chi connectivity index (χ1v) is 11.2. The first kappa shape index (κ1) is 22.0. The van der Waals surface area contributed by atoms with E-state index in [0.29, 0.717) is 13.0 Å². The minimum absolute atomic E-state index is 0.00570. The third-order valence-corrected chi connectivity index (χ3v) is 5.86. The van der Waals surface area contributed by atoms with Crippen molar-refractivity contribution in [2.24, 2.45) is 0 Å². The molecule has 0 fully saturated rings. The maximum Gasteiger partial charge on any atom is 0.222 e. The van der Waals surface area contributed by atoms with Crippen LogP contribution in [0.3, 0.4) is 0 Å². The van der Waals surface area contributed by atoms with Gasteiger partial charge in [-0.25, -0.2) is 4.98 Å². The molecule has 1 aromatic heterocycles. The van der Waals surface area contributed by atoms with Gasteiger partial charge in [-0.15, -0.1) is 0 Å². The topological polar surface area (TPSA) is 58.1 Å². The summed E-state index contributed by atoms with van der Waals surface area (Å²) in [6.07, 6.45) is 1.14. The van der Waals surface area contributed by atoms with E-state index in [9.17, 15) is 4.79 Å². The summed E-state index contributed by atoms with van der Waals surface area (Å²) < 4.78 is 4.54. The van der Waals surface area contributed by atoms with Gasteiger partial charge in [0.05, 0.1) is 6.04 Å². The maximum absolute atomic E-state index is 12.5. The van der Waals surface area contributed by atoms with Crippen LogP contribution in [0.4, 0.5) is 5.13 Å². The highest BCUT2D eigenvalue weighted by Crippen LogP contribution is 2.22. The number of rotatable bonds is 9. The zero-order chi connectivity index (χ0) is 21.5. The van der Waals surface area contributed by atoms with Gasteiger partial charge >= 0.3 is 0 Å². The fourth-order valence-corrected chi connectivity index (χ4v) is 4.10. The fourth-order valence-electron chi connectivity index (χ4n) is 3.26. The summed E-state index contributed by atoms with van der Waals surface area (Å²) in [6, 6.07) is 18.7. The smallest absolute Gasteiger partial charge is 0.222 e. The second kappa shape index (κ2) is 10.3. The number of hydrogen-bond donors (Lipinski definition) is 1. The number of nitrogens with one attached hydrogen (secondary N) is 1. The molecule has 0 aliphatic rings. The number of aromatic nitrogens is 2. The molecule has 1 heterocycles. The Kier molecular flexibility index (Phi) is 7.57. The summed E-state index contributed by atoms with van der Waals surface area (Å²) in [5, 5.41) is 3.96. The standard InChI is InChI=1S/C24H30N4OS/c1-17(2)28(15-14-23(29)25-19(4)21-8-6-5-7-9-21)24-26-22(27-30-24)16-20-12-10-18(3)11-13-20/h5-13,17,19H,14-16H2,1-4H3,(H,25,29)/t19-/m1/s1. The molecule has 1 amide bonds. The quantitative estimate of drug-likeness (QED) is 0.532. The van der Waals surface area contributed by atoms with Crippen LogP contribution in [0.25, 0.3) is 0 Å². The summed E-state index contributed by atoms with van der Waals surface area (Å²) >= 11 is 1.40. The number of anilines is 1. The van der Waals surface area contributed by atoms with E-state index in [2.05, 4.69) is 59.6 Å². The van der Waals surface area contributed by atoms with Crippen LogP contribution in [0, 0.1) is 6.92 Å². The van der Waals surface area contributed by atoms with Gasteiger partial charge in [-0.05, 0) is 38.8 Å². The molecule has 1 atom stereocenters. The molecular weight excluding hydrogens is 392 g/mol. The first-order chi connectivity index (χ1) is 14.4. The number of hydrogen-bond acceptors (Lipinski definition) is 5. The van der Waals surface area contributed by atoms with E-state index in [1.807, 2.05) is 37.3 Å².